The second kappa shape index (κ2) is 4.31. The third kappa shape index (κ3) is 2.51. The zero-order valence-electron chi connectivity index (χ0n) is 7.05. The molecule has 0 aliphatic heterocycles. The fraction of sp³-hybridized carbons (Fsp3) is 0.125. The molecule has 1 rings (SSSR count). The Bertz CT molecular complexity index is 339. The molecule has 0 radical (unpaired) electrons. The van der Waals surface area contributed by atoms with Gasteiger partial charge in [0.25, 0.3) is 0 Å². The number of hydrogen-bond acceptors (Lipinski definition) is 3. The summed E-state index contributed by atoms with van der Waals surface area (Å²) in [5.74, 6) is -1.65. The van der Waals surface area contributed by atoms with Crippen LogP contribution >= 0.6 is 0 Å². The largest absolute Gasteiger partial charge is 0.480 e. The Morgan fingerprint density at radius 1 is 1.43 bits per heavy atom. The van der Waals surface area contributed by atoms with Crippen LogP contribution in [0.15, 0.2) is 29.6 Å². The van der Waals surface area contributed by atoms with Crippen molar-refractivity contribution < 1.29 is 14.3 Å². The molecule has 14 heavy (non-hydrogen) atoms. The lowest BCUT2D eigenvalue weighted by molar-refractivity contribution is -0.135. The van der Waals surface area contributed by atoms with Gasteiger partial charge in [0.1, 0.15) is 12.4 Å². The molecule has 0 atom stereocenters. The molecule has 5 nitrogen and oxygen atoms in total. The van der Waals surface area contributed by atoms with Crippen LogP contribution in [0.25, 0.3) is 0 Å². The van der Waals surface area contributed by atoms with E-state index in [0.29, 0.717) is 0 Å². The maximum absolute atomic E-state index is 12.5. The molecule has 0 amide bonds. The van der Waals surface area contributed by atoms with Crippen LogP contribution in [0.4, 0.5) is 10.1 Å². The molecule has 0 bridgehead atoms. The molecule has 0 spiro atoms. The molecule has 1 aromatic rings. The van der Waals surface area contributed by atoms with E-state index in [1.54, 1.807) is 0 Å². The van der Waals surface area contributed by atoms with Gasteiger partial charge in [-0.2, -0.15) is 0 Å². The molecule has 0 heterocycles. The van der Waals surface area contributed by atoms with Crippen molar-refractivity contribution in [1.82, 2.24) is 0 Å². The quantitative estimate of drug-likeness (QED) is 0.586. The highest BCUT2D eigenvalue weighted by molar-refractivity contribution is 5.73. The van der Waals surface area contributed by atoms with Crippen molar-refractivity contribution in [3.63, 3.8) is 0 Å². The van der Waals surface area contributed by atoms with Gasteiger partial charge < -0.3 is 5.11 Å². The normalized spacial score (nSPS) is 9.50. The molecule has 0 fully saturated rings. The molecule has 6 heteroatoms. The molecule has 1 N–H and O–H groups in total. The first kappa shape index (κ1) is 10.1. The lowest BCUT2D eigenvalue weighted by Crippen LogP contribution is -2.23. The lowest BCUT2D eigenvalue weighted by atomic mass is 10.3. The summed E-state index contributed by atoms with van der Waals surface area (Å²) in [4.78, 5) is 20.5. The molecular weight excluding hydrogens is 191 g/mol. The van der Waals surface area contributed by atoms with Gasteiger partial charge in [-0.1, -0.05) is 0 Å². The number of benzene rings is 1. The molecule has 74 valence electrons. The topological polar surface area (TPSA) is 70.0 Å². The van der Waals surface area contributed by atoms with E-state index < -0.39 is 18.3 Å². The first-order chi connectivity index (χ1) is 6.63. The summed E-state index contributed by atoms with van der Waals surface area (Å²) in [5.41, 5.74) is 0.240. The summed E-state index contributed by atoms with van der Waals surface area (Å²) in [6.45, 7) is -0.546. The van der Waals surface area contributed by atoms with E-state index in [-0.39, 0.29) is 5.69 Å². The molecule has 0 unspecified atom stereocenters. The highest BCUT2D eigenvalue weighted by atomic mass is 19.1. The van der Waals surface area contributed by atoms with Crippen LogP contribution < -0.4 is 5.01 Å². The van der Waals surface area contributed by atoms with Crippen LogP contribution in [0.3, 0.4) is 0 Å². The van der Waals surface area contributed by atoms with E-state index in [2.05, 4.69) is 5.29 Å². The maximum atomic E-state index is 12.5. The van der Waals surface area contributed by atoms with E-state index in [1.807, 2.05) is 0 Å². The maximum Gasteiger partial charge on any atom is 0.325 e. The Hall–Kier alpha value is -1.98. The van der Waals surface area contributed by atoms with E-state index in [0.717, 1.165) is 17.1 Å². The number of nitrogens with zero attached hydrogens (tertiary/aromatic N) is 2. The first-order valence-electron chi connectivity index (χ1n) is 3.71. The second-order valence-electron chi connectivity index (χ2n) is 2.51. The van der Waals surface area contributed by atoms with E-state index in [1.165, 1.54) is 12.1 Å². The van der Waals surface area contributed by atoms with Crippen molar-refractivity contribution in [2.75, 3.05) is 11.6 Å². The van der Waals surface area contributed by atoms with Crippen LogP contribution in [0, 0.1) is 10.7 Å². The van der Waals surface area contributed by atoms with Gasteiger partial charge in [-0.05, 0) is 24.3 Å². The van der Waals surface area contributed by atoms with Gasteiger partial charge in [0, 0.05) is 0 Å². The van der Waals surface area contributed by atoms with Gasteiger partial charge in [0.15, 0.2) is 0 Å². The molecule has 0 aliphatic rings. The fourth-order valence-corrected chi connectivity index (χ4v) is 0.909. The van der Waals surface area contributed by atoms with E-state index >= 15 is 0 Å². The smallest absolute Gasteiger partial charge is 0.325 e. The summed E-state index contributed by atoms with van der Waals surface area (Å²) in [6.07, 6.45) is 0. The van der Waals surface area contributed by atoms with Gasteiger partial charge in [0.05, 0.1) is 11.0 Å². The summed E-state index contributed by atoms with van der Waals surface area (Å²) in [5, 5.41) is 11.6. The number of carboxylic acid groups (broad SMARTS) is 1. The van der Waals surface area contributed by atoms with Gasteiger partial charge in [-0.25, -0.2) is 9.40 Å². The molecule has 1 aromatic carbocycles. The fourth-order valence-electron chi connectivity index (χ4n) is 0.909. The van der Waals surface area contributed by atoms with Crippen molar-refractivity contribution >= 4 is 11.7 Å². The Morgan fingerprint density at radius 3 is 2.43 bits per heavy atom. The van der Waals surface area contributed by atoms with Crippen LogP contribution in [0.5, 0.6) is 0 Å². The number of anilines is 1. The zero-order valence-corrected chi connectivity index (χ0v) is 7.05. The lowest BCUT2D eigenvalue weighted by Gasteiger charge is -2.11. The van der Waals surface area contributed by atoms with Crippen LogP contribution in [-0.2, 0) is 4.79 Å². The standard InChI is InChI=1S/C8H7FN2O3/c9-6-1-3-7(4-2-6)11(10-14)5-8(12)13/h1-4H,5H2,(H,12,13). The van der Waals surface area contributed by atoms with E-state index in [4.69, 9.17) is 5.11 Å². The minimum absolute atomic E-state index is 0.240. The SMILES string of the molecule is O=NN(CC(=O)O)c1ccc(F)cc1. The highest BCUT2D eigenvalue weighted by Gasteiger charge is 2.10. The van der Waals surface area contributed by atoms with E-state index in [9.17, 15) is 14.1 Å². The van der Waals surface area contributed by atoms with Crippen molar-refractivity contribution in [1.29, 1.82) is 0 Å². The number of aliphatic carboxylic acids is 1. The Kier molecular flexibility index (Phi) is 3.11. The van der Waals surface area contributed by atoms with Gasteiger partial charge >= 0.3 is 5.97 Å². The number of halogens is 1. The Morgan fingerprint density at radius 2 is 2.00 bits per heavy atom. The second-order valence-corrected chi connectivity index (χ2v) is 2.51. The average Bonchev–Trinajstić information content (AvgIpc) is 2.15. The Balaban J connectivity index is 2.84. The number of nitroso groups, excluding NO2 is 1. The minimum Gasteiger partial charge on any atom is -0.480 e. The number of hydrogen-bond donors (Lipinski definition) is 1. The Labute approximate surface area is 78.7 Å². The molecule has 0 aliphatic carbocycles. The van der Waals surface area contributed by atoms with Crippen molar-refractivity contribution in [2.24, 2.45) is 5.29 Å². The molecule has 0 saturated heterocycles. The van der Waals surface area contributed by atoms with Gasteiger partial charge in [0.2, 0.25) is 0 Å². The van der Waals surface area contributed by atoms with Crippen LogP contribution in [0.1, 0.15) is 0 Å². The first-order valence-corrected chi connectivity index (χ1v) is 3.71. The number of carboxylic acids is 1. The minimum atomic E-state index is -1.19. The van der Waals surface area contributed by atoms with Crippen molar-refractivity contribution in [3.8, 4) is 0 Å². The summed E-state index contributed by atoms with van der Waals surface area (Å²) >= 11 is 0. The third-order valence-corrected chi connectivity index (χ3v) is 1.51. The highest BCUT2D eigenvalue weighted by Crippen LogP contribution is 2.14. The van der Waals surface area contributed by atoms with Crippen molar-refractivity contribution in [3.05, 3.63) is 35.0 Å². The average molecular weight is 198 g/mol. The van der Waals surface area contributed by atoms with Gasteiger partial charge in [-0.3, -0.25) is 4.79 Å². The number of carbonyl (C=O) groups is 1. The predicted molar refractivity (Wildman–Crippen MR) is 47.2 cm³/mol. The van der Waals surface area contributed by atoms with Crippen LogP contribution in [-0.4, -0.2) is 17.6 Å². The van der Waals surface area contributed by atoms with Crippen molar-refractivity contribution in [2.45, 2.75) is 0 Å². The summed E-state index contributed by atoms with van der Waals surface area (Å²) in [7, 11) is 0. The predicted octanol–water partition coefficient (Wildman–Crippen LogP) is 1.40. The van der Waals surface area contributed by atoms with Crippen LogP contribution in [0.2, 0.25) is 0 Å². The molecule has 0 aromatic heterocycles. The molecular formula is C8H7FN2O3. The zero-order chi connectivity index (χ0) is 10.6. The summed E-state index contributed by atoms with van der Waals surface area (Å²) < 4.78 is 12.5. The summed E-state index contributed by atoms with van der Waals surface area (Å²) in [6, 6.07) is 4.80. The third-order valence-electron chi connectivity index (χ3n) is 1.51. The number of rotatable bonds is 4. The van der Waals surface area contributed by atoms with Gasteiger partial charge in [-0.15, -0.1) is 4.91 Å². The monoisotopic (exact) mass is 198 g/mol. The molecule has 0 saturated carbocycles.